The molecule has 1 aliphatic heterocycles. The van der Waals surface area contributed by atoms with Gasteiger partial charge in [0, 0.05) is 6.61 Å². The molecule has 0 bridgehead atoms. The number of nitrogens with one attached hydrogen (secondary N) is 2. The van der Waals surface area contributed by atoms with E-state index in [9.17, 15) is 4.79 Å². The van der Waals surface area contributed by atoms with Crippen LogP contribution in [0.2, 0.25) is 0 Å². The standard InChI is InChI=1S/C21H30N2O2S.ClH/c24-21(20-17-4-2-1-3-14(17)12-26-20)23-18-7-15-9-22-10-16(15)8-19(18)25-11-13-5-6-13;/h12-13,15-16,18-19,22H,1-11H2,(H,23,24);1H/t15-,16+,18-,19-;/m0./s1. The second-order valence-electron chi connectivity index (χ2n) is 8.82. The number of amides is 1. The molecule has 3 fully saturated rings. The number of ether oxygens (including phenoxy) is 1. The van der Waals surface area contributed by atoms with Crippen molar-refractivity contribution in [3.8, 4) is 0 Å². The van der Waals surface area contributed by atoms with Gasteiger partial charge in [0.2, 0.25) is 0 Å². The smallest absolute Gasteiger partial charge is 0.261 e. The van der Waals surface area contributed by atoms with E-state index in [1.54, 1.807) is 11.3 Å². The van der Waals surface area contributed by atoms with Gasteiger partial charge in [0.15, 0.2) is 0 Å². The topological polar surface area (TPSA) is 50.4 Å². The maximum Gasteiger partial charge on any atom is 0.261 e. The zero-order valence-corrected chi connectivity index (χ0v) is 17.5. The summed E-state index contributed by atoms with van der Waals surface area (Å²) in [6.45, 7) is 3.10. The lowest BCUT2D eigenvalue weighted by atomic mass is 9.77. The Bertz CT molecular complexity index is 675. The van der Waals surface area contributed by atoms with Crippen LogP contribution in [-0.4, -0.2) is 37.7 Å². The minimum absolute atomic E-state index is 0. The van der Waals surface area contributed by atoms with Crippen LogP contribution in [0.15, 0.2) is 5.38 Å². The van der Waals surface area contributed by atoms with E-state index < -0.39 is 0 Å². The first-order valence-electron chi connectivity index (χ1n) is 10.5. The van der Waals surface area contributed by atoms with Crippen molar-refractivity contribution in [3.05, 3.63) is 21.4 Å². The van der Waals surface area contributed by atoms with Gasteiger partial charge in [0.25, 0.3) is 5.91 Å². The highest BCUT2D eigenvalue weighted by atomic mass is 35.5. The number of hydrogen-bond donors (Lipinski definition) is 2. The molecule has 4 aliphatic rings. The lowest BCUT2D eigenvalue weighted by Crippen LogP contribution is -2.50. The molecule has 2 saturated carbocycles. The van der Waals surface area contributed by atoms with Crippen LogP contribution in [0.4, 0.5) is 0 Å². The van der Waals surface area contributed by atoms with E-state index in [1.165, 1.54) is 36.8 Å². The molecule has 1 aromatic heterocycles. The number of rotatable bonds is 5. The molecule has 5 rings (SSSR count). The highest BCUT2D eigenvalue weighted by Crippen LogP contribution is 2.37. The molecule has 2 heterocycles. The van der Waals surface area contributed by atoms with Gasteiger partial charge in [-0.3, -0.25) is 4.79 Å². The van der Waals surface area contributed by atoms with E-state index in [0.717, 1.165) is 62.1 Å². The normalized spacial score (nSPS) is 32.3. The summed E-state index contributed by atoms with van der Waals surface area (Å²) in [7, 11) is 0. The van der Waals surface area contributed by atoms with Crippen LogP contribution in [0.1, 0.15) is 59.3 Å². The largest absolute Gasteiger partial charge is 0.376 e. The zero-order valence-electron chi connectivity index (χ0n) is 15.9. The Kier molecular flexibility index (Phi) is 6.12. The van der Waals surface area contributed by atoms with Crippen molar-refractivity contribution in [2.24, 2.45) is 17.8 Å². The number of carbonyl (C=O) groups is 1. The number of halogens is 1. The van der Waals surface area contributed by atoms with E-state index in [0.29, 0.717) is 5.92 Å². The van der Waals surface area contributed by atoms with Gasteiger partial charge in [-0.2, -0.15) is 0 Å². The summed E-state index contributed by atoms with van der Waals surface area (Å²) in [6, 6.07) is 0.170. The molecule has 0 unspecified atom stereocenters. The van der Waals surface area contributed by atoms with E-state index in [4.69, 9.17) is 4.74 Å². The first kappa shape index (κ1) is 19.7. The number of thiophene rings is 1. The highest BCUT2D eigenvalue weighted by molar-refractivity contribution is 7.12. The van der Waals surface area contributed by atoms with Crippen molar-refractivity contribution in [2.75, 3.05) is 19.7 Å². The third-order valence-corrected chi connectivity index (χ3v) is 7.96. The lowest BCUT2D eigenvalue weighted by molar-refractivity contribution is -0.0211. The summed E-state index contributed by atoms with van der Waals surface area (Å²) in [4.78, 5) is 14.0. The summed E-state index contributed by atoms with van der Waals surface area (Å²) in [5.74, 6) is 2.34. The molecule has 3 aliphatic carbocycles. The van der Waals surface area contributed by atoms with Crippen molar-refractivity contribution >= 4 is 29.7 Å². The molecule has 27 heavy (non-hydrogen) atoms. The summed E-state index contributed by atoms with van der Waals surface area (Å²) >= 11 is 1.65. The second-order valence-corrected chi connectivity index (χ2v) is 9.70. The van der Waals surface area contributed by atoms with Gasteiger partial charge in [-0.15, -0.1) is 23.7 Å². The predicted molar refractivity (Wildman–Crippen MR) is 111 cm³/mol. The summed E-state index contributed by atoms with van der Waals surface area (Å²) < 4.78 is 6.32. The predicted octanol–water partition coefficient (Wildman–Crippen LogP) is 3.57. The molecule has 150 valence electrons. The minimum atomic E-state index is 0. The quantitative estimate of drug-likeness (QED) is 0.780. The molecule has 6 heteroatoms. The van der Waals surface area contributed by atoms with Crippen molar-refractivity contribution in [2.45, 2.75) is 63.5 Å². The SMILES string of the molecule is Cl.O=C(N[C@H]1C[C@H]2CNC[C@H]2C[C@@H]1OCC1CC1)c1scc2c1CCCC2. The van der Waals surface area contributed by atoms with Crippen LogP contribution in [0.3, 0.4) is 0 Å². The third-order valence-electron chi connectivity index (χ3n) is 6.89. The molecule has 1 aromatic rings. The number of aryl methyl sites for hydroxylation is 1. The van der Waals surface area contributed by atoms with Gasteiger partial charge < -0.3 is 15.4 Å². The average Bonchev–Trinajstić information content (AvgIpc) is 3.20. The Morgan fingerprint density at radius 2 is 1.96 bits per heavy atom. The fourth-order valence-corrected chi connectivity index (χ4v) is 6.17. The van der Waals surface area contributed by atoms with E-state index in [2.05, 4.69) is 16.0 Å². The molecule has 1 saturated heterocycles. The van der Waals surface area contributed by atoms with Gasteiger partial charge in [-0.05, 0) is 98.7 Å². The first-order chi connectivity index (χ1) is 12.8. The number of carbonyl (C=O) groups excluding carboxylic acids is 1. The molecule has 4 nitrogen and oxygen atoms in total. The number of hydrogen-bond acceptors (Lipinski definition) is 4. The first-order valence-corrected chi connectivity index (χ1v) is 11.4. The number of fused-ring (bicyclic) bond motifs is 2. The molecular weight excluding hydrogens is 380 g/mol. The fourth-order valence-electron chi connectivity index (χ4n) is 5.10. The van der Waals surface area contributed by atoms with Crippen LogP contribution in [0.5, 0.6) is 0 Å². The Morgan fingerprint density at radius 1 is 1.19 bits per heavy atom. The van der Waals surface area contributed by atoms with E-state index in [-0.39, 0.29) is 30.5 Å². The second kappa shape index (κ2) is 8.40. The average molecular weight is 411 g/mol. The molecule has 0 spiro atoms. The van der Waals surface area contributed by atoms with Crippen LogP contribution in [-0.2, 0) is 17.6 Å². The Labute approximate surface area is 172 Å². The minimum Gasteiger partial charge on any atom is -0.376 e. The summed E-state index contributed by atoms with van der Waals surface area (Å²) in [5, 5.41) is 9.15. The molecule has 4 atom stereocenters. The monoisotopic (exact) mass is 410 g/mol. The molecule has 0 radical (unpaired) electrons. The molecule has 1 amide bonds. The highest BCUT2D eigenvalue weighted by Gasteiger charge is 2.41. The summed E-state index contributed by atoms with van der Waals surface area (Å²) in [5.41, 5.74) is 2.74. The van der Waals surface area contributed by atoms with Crippen molar-refractivity contribution < 1.29 is 9.53 Å². The Hall–Kier alpha value is -0.620. The molecular formula is C21H31ClN2O2S. The zero-order chi connectivity index (χ0) is 17.5. The Balaban J connectivity index is 0.00000180. The Morgan fingerprint density at radius 3 is 2.78 bits per heavy atom. The van der Waals surface area contributed by atoms with Gasteiger partial charge in [0.1, 0.15) is 0 Å². The van der Waals surface area contributed by atoms with Gasteiger partial charge in [-0.25, -0.2) is 0 Å². The van der Waals surface area contributed by atoms with Crippen molar-refractivity contribution in [3.63, 3.8) is 0 Å². The maximum absolute atomic E-state index is 13.1. The van der Waals surface area contributed by atoms with Crippen LogP contribution in [0, 0.1) is 17.8 Å². The van der Waals surface area contributed by atoms with Gasteiger partial charge in [0.05, 0.1) is 17.0 Å². The van der Waals surface area contributed by atoms with Crippen molar-refractivity contribution in [1.29, 1.82) is 0 Å². The summed E-state index contributed by atoms with van der Waals surface area (Å²) in [6.07, 6.45) is 9.68. The maximum atomic E-state index is 13.1. The van der Waals surface area contributed by atoms with E-state index >= 15 is 0 Å². The molecule has 2 N–H and O–H groups in total. The van der Waals surface area contributed by atoms with Crippen LogP contribution >= 0.6 is 23.7 Å². The fraction of sp³-hybridized carbons (Fsp3) is 0.762. The van der Waals surface area contributed by atoms with Crippen LogP contribution < -0.4 is 10.6 Å². The molecule has 0 aromatic carbocycles. The van der Waals surface area contributed by atoms with Crippen molar-refractivity contribution in [1.82, 2.24) is 10.6 Å². The van der Waals surface area contributed by atoms with Gasteiger partial charge in [-0.1, -0.05) is 0 Å². The van der Waals surface area contributed by atoms with Gasteiger partial charge >= 0.3 is 0 Å². The van der Waals surface area contributed by atoms with E-state index in [1.807, 2.05) is 0 Å². The lowest BCUT2D eigenvalue weighted by Gasteiger charge is -2.38. The third kappa shape index (κ3) is 4.21. The van der Waals surface area contributed by atoms with Crippen LogP contribution in [0.25, 0.3) is 0 Å².